The van der Waals surface area contributed by atoms with Gasteiger partial charge in [-0.05, 0) is 38.5 Å². The molecule has 4 rings (SSSR count). The number of nitrogens with one attached hydrogen (secondary N) is 1. The molecule has 4 atom stereocenters. The SMILES string of the molecule is O=C1C(NC2CCCC(Cl)C2)=C(N2CCOCC2)C(=O)C2CCCCC12. The summed E-state index contributed by atoms with van der Waals surface area (Å²) in [4.78, 5) is 28.8. The topological polar surface area (TPSA) is 58.6 Å². The van der Waals surface area contributed by atoms with Crippen molar-refractivity contribution in [3.8, 4) is 0 Å². The number of ketones is 2. The van der Waals surface area contributed by atoms with Gasteiger partial charge in [-0.15, -0.1) is 11.6 Å². The fraction of sp³-hybridized carbons (Fsp3) is 0.800. The zero-order valence-corrected chi connectivity index (χ0v) is 16.1. The number of rotatable bonds is 3. The van der Waals surface area contributed by atoms with Crippen molar-refractivity contribution in [2.75, 3.05) is 26.3 Å². The Bertz CT molecular complexity index is 600. The molecule has 0 spiro atoms. The third-order valence-corrected chi connectivity index (χ3v) is 6.84. The van der Waals surface area contributed by atoms with Crippen molar-refractivity contribution in [3.63, 3.8) is 0 Å². The lowest BCUT2D eigenvalue weighted by atomic mass is 9.69. The molecule has 6 heteroatoms. The Morgan fingerprint density at radius 2 is 1.62 bits per heavy atom. The Morgan fingerprint density at radius 1 is 0.923 bits per heavy atom. The summed E-state index contributed by atoms with van der Waals surface area (Å²) in [7, 11) is 0. The number of nitrogens with zero attached hydrogens (tertiary/aromatic N) is 1. The van der Waals surface area contributed by atoms with Crippen LogP contribution in [0.3, 0.4) is 0 Å². The number of allylic oxidation sites excluding steroid dienone is 2. The molecule has 4 unspecified atom stereocenters. The van der Waals surface area contributed by atoms with E-state index in [1.807, 2.05) is 0 Å². The minimum atomic E-state index is -0.126. The molecule has 0 aromatic carbocycles. The average molecular weight is 381 g/mol. The number of carbonyl (C=O) groups is 2. The molecule has 1 saturated heterocycles. The standard InChI is InChI=1S/C20H29ClN2O3/c21-13-4-3-5-14(12-13)22-17-18(23-8-10-26-11-9-23)20(25)16-7-2-1-6-15(16)19(17)24/h13-16,22H,1-12H2. The molecule has 5 nitrogen and oxygen atoms in total. The van der Waals surface area contributed by atoms with Crippen LogP contribution in [0.4, 0.5) is 0 Å². The first-order valence-corrected chi connectivity index (χ1v) is 10.6. The van der Waals surface area contributed by atoms with E-state index < -0.39 is 0 Å². The molecule has 1 aliphatic heterocycles. The van der Waals surface area contributed by atoms with E-state index in [9.17, 15) is 9.59 Å². The maximum atomic E-state index is 13.4. The highest BCUT2D eigenvalue weighted by Crippen LogP contribution is 2.40. The van der Waals surface area contributed by atoms with E-state index in [0.717, 1.165) is 51.4 Å². The van der Waals surface area contributed by atoms with Crippen LogP contribution in [0.5, 0.6) is 0 Å². The Balaban J connectivity index is 1.66. The second kappa shape index (κ2) is 7.89. The highest BCUT2D eigenvalue weighted by atomic mass is 35.5. The number of hydrogen-bond acceptors (Lipinski definition) is 5. The lowest BCUT2D eigenvalue weighted by molar-refractivity contribution is -0.134. The maximum absolute atomic E-state index is 13.4. The largest absolute Gasteiger partial charge is 0.378 e. The minimum Gasteiger partial charge on any atom is -0.378 e. The zero-order chi connectivity index (χ0) is 18.1. The van der Waals surface area contributed by atoms with Crippen molar-refractivity contribution in [3.05, 3.63) is 11.4 Å². The Kier molecular flexibility index (Phi) is 5.55. The summed E-state index contributed by atoms with van der Waals surface area (Å²) in [5, 5.41) is 3.65. The second-order valence-corrected chi connectivity index (χ2v) is 8.77. The number of Topliss-reactive ketones (excluding diaryl/α,β-unsaturated/α-hetero) is 2. The number of halogens is 1. The summed E-state index contributed by atoms with van der Waals surface area (Å²) < 4.78 is 5.46. The van der Waals surface area contributed by atoms with Gasteiger partial charge >= 0.3 is 0 Å². The molecule has 1 heterocycles. The molecular weight excluding hydrogens is 352 g/mol. The van der Waals surface area contributed by atoms with Gasteiger partial charge in [-0.1, -0.05) is 12.8 Å². The van der Waals surface area contributed by atoms with Gasteiger partial charge in [0.05, 0.1) is 13.2 Å². The summed E-state index contributed by atoms with van der Waals surface area (Å²) in [6, 6.07) is 0.189. The van der Waals surface area contributed by atoms with E-state index in [4.69, 9.17) is 16.3 Å². The van der Waals surface area contributed by atoms with Gasteiger partial charge < -0.3 is 15.0 Å². The fourth-order valence-corrected chi connectivity index (χ4v) is 5.43. The van der Waals surface area contributed by atoms with E-state index >= 15 is 0 Å². The highest BCUT2D eigenvalue weighted by Gasteiger charge is 2.46. The average Bonchev–Trinajstić information content (AvgIpc) is 2.67. The van der Waals surface area contributed by atoms with Crippen LogP contribution in [0.25, 0.3) is 0 Å². The van der Waals surface area contributed by atoms with Crippen molar-refractivity contribution in [2.45, 2.75) is 62.8 Å². The predicted molar refractivity (Wildman–Crippen MR) is 99.9 cm³/mol. The highest BCUT2D eigenvalue weighted by molar-refractivity contribution is 6.20. The van der Waals surface area contributed by atoms with Crippen LogP contribution in [0.1, 0.15) is 51.4 Å². The van der Waals surface area contributed by atoms with Crippen molar-refractivity contribution in [1.29, 1.82) is 0 Å². The molecule has 0 bridgehead atoms. The van der Waals surface area contributed by atoms with Crippen molar-refractivity contribution < 1.29 is 14.3 Å². The van der Waals surface area contributed by atoms with Crippen LogP contribution in [0.15, 0.2) is 11.4 Å². The number of alkyl halides is 1. The third-order valence-electron chi connectivity index (χ3n) is 6.44. The summed E-state index contributed by atoms with van der Waals surface area (Å²) in [5.41, 5.74) is 1.22. The van der Waals surface area contributed by atoms with Crippen LogP contribution < -0.4 is 5.32 Å². The van der Waals surface area contributed by atoms with Gasteiger partial charge in [0, 0.05) is 36.3 Å². The van der Waals surface area contributed by atoms with Crippen LogP contribution in [0.2, 0.25) is 0 Å². The van der Waals surface area contributed by atoms with Crippen molar-refractivity contribution in [1.82, 2.24) is 10.2 Å². The summed E-state index contributed by atoms with van der Waals surface area (Å²) in [6.07, 6.45) is 7.77. The van der Waals surface area contributed by atoms with Gasteiger partial charge in [0.1, 0.15) is 11.4 Å². The molecule has 0 aromatic rings. The molecule has 0 radical (unpaired) electrons. The zero-order valence-electron chi connectivity index (χ0n) is 15.3. The van der Waals surface area contributed by atoms with E-state index in [1.165, 1.54) is 0 Å². The lowest BCUT2D eigenvalue weighted by Crippen LogP contribution is -2.51. The number of ether oxygens (including phenoxy) is 1. The molecule has 4 aliphatic rings. The molecule has 2 saturated carbocycles. The Morgan fingerprint density at radius 3 is 2.31 bits per heavy atom. The maximum Gasteiger partial charge on any atom is 0.184 e. The van der Waals surface area contributed by atoms with Crippen LogP contribution in [-0.4, -0.2) is 54.2 Å². The van der Waals surface area contributed by atoms with Crippen molar-refractivity contribution in [2.24, 2.45) is 11.8 Å². The second-order valence-electron chi connectivity index (χ2n) is 8.15. The molecule has 1 N–H and O–H groups in total. The summed E-state index contributed by atoms with van der Waals surface area (Å²) in [5.74, 6) is 0.0927. The summed E-state index contributed by atoms with van der Waals surface area (Å²) >= 11 is 6.36. The molecule has 144 valence electrons. The molecule has 3 aliphatic carbocycles. The third kappa shape index (κ3) is 3.53. The smallest absolute Gasteiger partial charge is 0.184 e. The molecular formula is C20H29ClN2O3. The predicted octanol–water partition coefficient (Wildman–Crippen LogP) is 2.63. The summed E-state index contributed by atoms with van der Waals surface area (Å²) in [6.45, 7) is 2.58. The minimum absolute atomic E-state index is 0.119. The lowest BCUT2D eigenvalue weighted by Gasteiger charge is -2.41. The van der Waals surface area contributed by atoms with Gasteiger partial charge in [0.25, 0.3) is 0 Å². The molecule has 3 fully saturated rings. The Labute approximate surface area is 160 Å². The van der Waals surface area contributed by atoms with E-state index in [-0.39, 0.29) is 34.8 Å². The van der Waals surface area contributed by atoms with Crippen molar-refractivity contribution >= 4 is 23.2 Å². The van der Waals surface area contributed by atoms with Crippen LogP contribution >= 0.6 is 11.6 Å². The molecule has 26 heavy (non-hydrogen) atoms. The van der Waals surface area contributed by atoms with Crippen LogP contribution in [-0.2, 0) is 14.3 Å². The van der Waals surface area contributed by atoms with E-state index in [2.05, 4.69) is 10.2 Å². The van der Waals surface area contributed by atoms with Gasteiger partial charge in [-0.2, -0.15) is 0 Å². The fourth-order valence-electron chi connectivity index (χ4n) is 5.07. The number of carbonyl (C=O) groups excluding carboxylic acids is 2. The monoisotopic (exact) mass is 380 g/mol. The number of fused-ring (bicyclic) bond motifs is 1. The van der Waals surface area contributed by atoms with Crippen LogP contribution in [0, 0.1) is 11.8 Å². The first kappa shape index (κ1) is 18.3. The van der Waals surface area contributed by atoms with Gasteiger partial charge in [-0.25, -0.2) is 0 Å². The van der Waals surface area contributed by atoms with Gasteiger partial charge in [0.15, 0.2) is 11.6 Å². The number of hydrogen-bond donors (Lipinski definition) is 1. The molecule has 0 aromatic heterocycles. The van der Waals surface area contributed by atoms with Gasteiger partial charge in [0.2, 0.25) is 0 Å². The first-order chi connectivity index (χ1) is 12.6. The number of morpholine rings is 1. The normalized spacial score (nSPS) is 36.1. The first-order valence-electron chi connectivity index (χ1n) is 10.2. The van der Waals surface area contributed by atoms with Gasteiger partial charge in [-0.3, -0.25) is 9.59 Å². The molecule has 0 amide bonds. The van der Waals surface area contributed by atoms with E-state index in [0.29, 0.717) is 37.7 Å². The Hall–Kier alpha value is -1.07. The quantitative estimate of drug-likeness (QED) is 0.763. The van der Waals surface area contributed by atoms with E-state index in [1.54, 1.807) is 0 Å².